The van der Waals surface area contributed by atoms with Gasteiger partial charge in [0.05, 0.1) is 10.7 Å². The molecule has 0 atom stereocenters. The Hall–Kier alpha value is -2.90. The molecular formula is C19H16ClN3O3S. The number of nitrogens with one attached hydrogen (secondary N) is 2. The van der Waals surface area contributed by atoms with E-state index in [1.807, 2.05) is 29.6 Å². The second-order valence-corrected chi connectivity index (χ2v) is 7.03. The number of rotatable bonds is 5. The summed E-state index contributed by atoms with van der Waals surface area (Å²) in [7, 11) is 0. The first-order valence-corrected chi connectivity index (χ1v) is 9.27. The van der Waals surface area contributed by atoms with Gasteiger partial charge in [-0.1, -0.05) is 35.9 Å². The van der Waals surface area contributed by atoms with E-state index in [2.05, 4.69) is 15.6 Å². The second kappa shape index (κ2) is 8.20. The molecule has 3 aromatic rings. The Balaban J connectivity index is 1.68. The van der Waals surface area contributed by atoms with E-state index in [0.29, 0.717) is 17.2 Å². The first-order valence-electron chi connectivity index (χ1n) is 8.01. The summed E-state index contributed by atoms with van der Waals surface area (Å²) in [6.07, 6.45) is 0. The highest BCUT2D eigenvalue weighted by Crippen LogP contribution is 2.27. The number of carbonyl (C=O) groups is 2. The minimum absolute atomic E-state index is 0.0751. The maximum absolute atomic E-state index is 12.3. The van der Waals surface area contributed by atoms with E-state index in [1.165, 1.54) is 36.5 Å². The lowest BCUT2D eigenvalue weighted by Crippen LogP contribution is -2.18. The summed E-state index contributed by atoms with van der Waals surface area (Å²) in [6, 6.07) is 11.9. The number of aromatic nitrogens is 1. The van der Waals surface area contributed by atoms with Crippen LogP contribution in [0.15, 0.2) is 47.8 Å². The van der Waals surface area contributed by atoms with E-state index in [9.17, 15) is 14.7 Å². The van der Waals surface area contributed by atoms with Crippen molar-refractivity contribution in [3.05, 3.63) is 64.0 Å². The van der Waals surface area contributed by atoms with Gasteiger partial charge in [0.1, 0.15) is 5.75 Å². The quantitative estimate of drug-likeness (QED) is 0.601. The lowest BCUT2D eigenvalue weighted by molar-refractivity contribution is -0.119. The smallest absolute Gasteiger partial charge is 0.257 e. The van der Waals surface area contributed by atoms with Crippen LogP contribution < -0.4 is 10.6 Å². The first kappa shape index (κ1) is 18.9. The van der Waals surface area contributed by atoms with E-state index >= 15 is 0 Å². The standard InChI is InChI=1S/C19H16ClN3O3S/c1-11(24)21-9-12-2-4-13(5-3-12)16-10-27-19(22-16)23-18(26)14-6-7-17(25)15(20)8-14/h2-8,10,25H,9H2,1H3,(H,21,24)(H,22,23,26). The van der Waals surface area contributed by atoms with Gasteiger partial charge in [0.25, 0.3) is 5.91 Å². The van der Waals surface area contributed by atoms with Gasteiger partial charge >= 0.3 is 0 Å². The Morgan fingerprint density at radius 3 is 2.59 bits per heavy atom. The highest BCUT2D eigenvalue weighted by molar-refractivity contribution is 7.14. The maximum Gasteiger partial charge on any atom is 0.257 e. The van der Waals surface area contributed by atoms with E-state index in [4.69, 9.17) is 11.6 Å². The van der Waals surface area contributed by atoms with Crippen LogP contribution in [0, 0.1) is 0 Å². The number of amides is 2. The zero-order valence-corrected chi connectivity index (χ0v) is 15.9. The molecule has 3 rings (SSSR count). The Bertz CT molecular complexity index is 986. The van der Waals surface area contributed by atoms with Crippen molar-refractivity contribution in [2.24, 2.45) is 0 Å². The molecule has 0 saturated heterocycles. The van der Waals surface area contributed by atoms with Crippen molar-refractivity contribution in [1.82, 2.24) is 10.3 Å². The largest absolute Gasteiger partial charge is 0.506 e. The van der Waals surface area contributed by atoms with E-state index in [1.54, 1.807) is 0 Å². The zero-order valence-electron chi connectivity index (χ0n) is 14.3. The van der Waals surface area contributed by atoms with Crippen LogP contribution in [0.3, 0.4) is 0 Å². The molecule has 1 aromatic heterocycles. The highest BCUT2D eigenvalue weighted by Gasteiger charge is 2.12. The number of phenols is 1. The third-order valence-corrected chi connectivity index (χ3v) is 4.79. The van der Waals surface area contributed by atoms with Crippen LogP contribution in [-0.4, -0.2) is 21.9 Å². The molecule has 27 heavy (non-hydrogen) atoms. The van der Waals surface area contributed by atoms with E-state index in [-0.39, 0.29) is 22.6 Å². The van der Waals surface area contributed by atoms with Crippen molar-refractivity contribution in [2.45, 2.75) is 13.5 Å². The maximum atomic E-state index is 12.3. The molecule has 0 aliphatic rings. The van der Waals surface area contributed by atoms with Crippen LogP contribution in [-0.2, 0) is 11.3 Å². The number of hydrogen-bond acceptors (Lipinski definition) is 5. The summed E-state index contributed by atoms with van der Waals surface area (Å²) in [5.74, 6) is -0.510. The number of carbonyl (C=O) groups excluding carboxylic acids is 2. The van der Waals surface area contributed by atoms with E-state index < -0.39 is 0 Å². The third kappa shape index (κ3) is 4.84. The van der Waals surface area contributed by atoms with Crippen LogP contribution in [0.2, 0.25) is 5.02 Å². The third-order valence-electron chi connectivity index (χ3n) is 3.73. The minimum Gasteiger partial charge on any atom is -0.506 e. The first-order chi connectivity index (χ1) is 12.9. The van der Waals surface area contributed by atoms with E-state index in [0.717, 1.165) is 16.8 Å². The van der Waals surface area contributed by atoms with Gasteiger partial charge in [-0.25, -0.2) is 4.98 Å². The fraction of sp³-hybridized carbons (Fsp3) is 0.105. The van der Waals surface area contributed by atoms with Crippen molar-refractivity contribution in [3.8, 4) is 17.0 Å². The number of phenolic OH excluding ortho intramolecular Hbond substituents is 1. The van der Waals surface area contributed by atoms with Crippen LogP contribution >= 0.6 is 22.9 Å². The van der Waals surface area contributed by atoms with Gasteiger partial charge < -0.3 is 10.4 Å². The topological polar surface area (TPSA) is 91.3 Å². The molecule has 8 heteroatoms. The molecular weight excluding hydrogens is 386 g/mol. The Morgan fingerprint density at radius 2 is 1.93 bits per heavy atom. The molecule has 0 fully saturated rings. The van der Waals surface area contributed by atoms with Crippen LogP contribution in [0.4, 0.5) is 5.13 Å². The highest BCUT2D eigenvalue weighted by atomic mass is 35.5. The van der Waals surface area contributed by atoms with Gasteiger partial charge in [-0.15, -0.1) is 11.3 Å². The van der Waals surface area contributed by atoms with Gasteiger partial charge in [-0.3, -0.25) is 14.9 Å². The molecule has 0 unspecified atom stereocenters. The summed E-state index contributed by atoms with van der Waals surface area (Å²) in [5.41, 5.74) is 2.97. The molecule has 0 aliphatic carbocycles. The molecule has 0 radical (unpaired) electrons. The Labute approximate surface area is 164 Å². The van der Waals surface area contributed by atoms with Gasteiger partial charge in [0.2, 0.25) is 5.91 Å². The number of nitrogens with zero attached hydrogens (tertiary/aromatic N) is 1. The molecule has 0 bridgehead atoms. The van der Waals surface area contributed by atoms with Crippen molar-refractivity contribution < 1.29 is 14.7 Å². The molecule has 138 valence electrons. The number of halogens is 1. The predicted molar refractivity (Wildman–Crippen MR) is 106 cm³/mol. The van der Waals surface area contributed by atoms with Crippen LogP contribution in [0.5, 0.6) is 5.75 Å². The average molecular weight is 402 g/mol. The molecule has 1 heterocycles. The Kier molecular flexibility index (Phi) is 5.73. The van der Waals surface area contributed by atoms with Crippen molar-refractivity contribution in [2.75, 3.05) is 5.32 Å². The fourth-order valence-corrected chi connectivity index (χ4v) is 3.20. The monoisotopic (exact) mass is 401 g/mol. The van der Waals surface area contributed by atoms with Crippen molar-refractivity contribution in [1.29, 1.82) is 0 Å². The normalized spacial score (nSPS) is 10.4. The zero-order chi connectivity index (χ0) is 19.4. The number of aromatic hydroxyl groups is 1. The molecule has 6 nitrogen and oxygen atoms in total. The summed E-state index contributed by atoms with van der Waals surface area (Å²) in [6.45, 7) is 1.95. The average Bonchev–Trinajstić information content (AvgIpc) is 3.11. The molecule has 2 amide bonds. The SMILES string of the molecule is CC(=O)NCc1ccc(-c2csc(NC(=O)c3ccc(O)c(Cl)c3)n2)cc1. The molecule has 0 aliphatic heterocycles. The van der Waals surface area contributed by atoms with Crippen molar-refractivity contribution in [3.63, 3.8) is 0 Å². The van der Waals surface area contributed by atoms with Crippen LogP contribution in [0.25, 0.3) is 11.3 Å². The summed E-state index contributed by atoms with van der Waals surface area (Å²) in [4.78, 5) is 27.7. The Morgan fingerprint density at radius 1 is 1.19 bits per heavy atom. The molecule has 3 N–H and O–H groups in total. The van der Waals surface area contributed by atoms with Crippen LogP contribution in [0.1, 0.15) is 22.8 Å². The number of benzene rings is 2. The molecule has 2 aromatic carbocycles. The minimum atomic E-state index is -0.358. The van der Waals surface area contributed by atoms with Gasteiger partial charge in [0.15, 0.2) is 5.13 Å². The number of thiazole rings is 1. The van der Waals surface area contributed by atoms with Crippen molar-refractivity contribution >= 4 is 39.9 Å². The lowest BCUT2D eigenvalue weighted by atomic mass is 10.1. The molecule has 0 saturated carbocycles. The fourth-order valence-electron chi connectivity index (χ4n) is 2.30. The molecule has 0 spiro atoms. The number of anilines is 1. The summed E-state index contributed by atoms with van der Waals surface area (Å²) in [5, 5.41) is 17.3. The predicted octanol–water partition coefficient (Wildman–Crippen LogP) is 4.06. The summed E-state index contributed by atoms with van der Waals surface area (Å²) < 4.78 is 0. The van der Waals surface area contributed by atoms with Gasteiger partial charge in [0, 0.05) is 30.0 Å². The lowest BCUT2D eigenvalue weighted by Gasteiger charge is -2.04. The second-order valence-electron chi connectivity index (χ2n) is 5.76. The van der Waals surface area contributed by atoms with Gasteiger partial charge in [-0.2, -0.15) is 0 Å². The summed E-state index contributed by atoms with van der Waals surface area (Å²) >= 11 is 7.14. The van der Waals surface area contributed by atoms with Gasteiger partial charge in [-0.05, 0) is 23.8 Å². The number of hydrogen-bond donors (Lipinski definition) is 3.